The molecule has 138 valence electrons. The molecule has 0 radical (unpaired) electrons. The predicted molar refractivity (Wildman–Crippen MR) is 109 cm³/mol. The number of aliphatic carboxylic acids is 1. The summed E-state index contributed by atoms with van der Waals surface area (Å²) in [5.74, 6) is -0.0679. The first-order valence-electron chi connectivity index (χ1n) is 9.23. The van der Waals surface area contributed by atoms with Crippen LogP contribution in [0.5, 0.6) is 0 Å². The van der Waals surface area contributed by atoms with Gasteiger partial charge in [-0.3, -0.25) is 4.79 Å². The number of rotatable bonds is 8. The van der Waals surface area contributed by atoms with Gasteiger partial charge in [0, 0.05) is 11.9 Å². The zero-order chi connectivity index (χ0) is 19.1. The second-order valence-corrected chi connectivity index (χ2v) is 6.62. The van der Waals surface area contributed by atoms with Crippen LogP contribution in [0.1, 0.15) is 29.2 Å². The van der Waals surface area contributed by atoms with Crippen molar-refractivity contribution < 1.29 is 9.90 Å². The Bertz CT molecular complexity index is 922. The summed E-state index contributed by atoms with van der Waals surface area (Å²) in [6.45, 7) is 2.17. The molecule has 0 aliphatic carbocycles. The van der Waals surface area contributed by atoms with Crippen molar-refractivity contribution in [3.63, 3.8) is 0 Å². The maximum absolute atomic E-state index is 10.9. The Hall–Kier alpha value is -3.14. The van der Waals surface area contributed by atoms with Gasteiger partial charge in [0.15, 0.2) is 0 Å². The summed E-state index contributed by atoms with van der Waals surface area (Å²) >= 11 is 0. The number of nitrogens with zero attached hydrogens (tertiary/aromatic N) is 1. The number of aryl methyl sites for hydroxylation is 3. The van der Waals surface area contributed by atoms with E-state index in [0.717, 1.165) is 36.3 Å². The van der Waals surface area contributed by atoms with Crippen molar-refractivity contribution in [1.82, 2.24) is 4.98 Å². The molecular formula is C23H24N2O2. The average molecular weight is 360 g/mol. The van der Waals surface area contributed by atoms with E-state index in [1.807, 2.05) is 36.4 Å². The molecule has 4 heteroatoms. The fourth-order valence-electron chi connectivity index (χ4n) is 3.07. The molecule has 0 saturated heterocycles. The van der Waals surface area contributed by atoms with E-state index in [0.29, 0.717) is 0 Å². The minimum absolute atomic E-state index is 0.0137. The summed E-state index contributed by atoms with van der Waals surface area (Å²) in [5.41, 5.74) is 5.54. The van der Waals surface area contributed by atoms with Gasteiger partial charge < -0.3 is 10.4 Å². The molecule has 0 saturated carbocycles. The molecule has 0 amide bonds. The highest BCUT2D eigenvalue weighted by Crippen LogP contribution is 2.18. The second kappa shape index (κ2) is 8.99. The molecular weight excluding hydrogens is 336 g/mol. The largest absolute Gasteiger partial charge is 0.481 e. The lowest BCUT2D eigenvalue weighted by Crippen LogP contribution is -2.01. The van der Waals surface area contributed by atoms with E-state index in [2.05, 4.69) is 41.5 Å². The number of nitrogens with one attached hydrogen (secondary N) is 1. The third-order valence-corrected chi connectivity index (χ3v) is 4.48. The van der Waals surface area contributed by atoms with Crippen LogP contribution in [0.15, 0.2) is 66.9 Å². The van der Waals surface area contributed by atoms with Crippen molar-refractivity contribution in [3.05, 3.63) is 89.1 Å². The molecule has 4 nitrogen and oxygen atoms in total. The Morgan fingerprint density at radius 3 is 2.41 bits per heavy atom. The Kier molecular flexibility index (Phi) is 6.21. The SMILES string of the molecule is CCc1cccc(CCc2ccnc(Nc3cccc(CC(=O)O)c3)c2)c1. The molecule has 27 heavy (non-hydrogen) atoms. The van der Waals surface area contributed by atoms with Crippen LogP contribution in [-0.2, 0) is 30.5 Å². The molecule has 1 aromatic heterocycles. The van der Waals surface area contributed by atoms with Gasteiger partial charge in [-0.05, 0) is 65.8 Å². The number of hydrogen-bond acceptors (Lipinski definition) is 3. The van der Waals surface area contributed by atoms with Crippen molar-refractivity contribution in [2.45, 2.75) is 32.6 Å². The lowest BCUT2D eigenvalue weighted by molar-refractivity contribution is -0.136. The summed E-state index contributed by atoms with van der Waals surface area (Å²) in [5, 5.41) is 12.2. The van der Waals surface area contributed by atoms with Gasteiger partial charge in [-0.2, -0.15) is 0 Å². The zero-order valence-electron chi connectivity index (χ0n) is 15.5. The third kappa shape index (κ3) is 5.68. The molecule has 2 aromatic carbocycles. The minimum atomic E-state index is -0.834. The lowest BCUT2D eigenvalue weighted by Gasteiger charge is -2.09. The number of carbonyl (C=O) groups is 1. The van der Waals surface area contributed by atoms with Crippen LogP contribution in [0.3, 0.4) is 0 Å². The number of hydrogen-bond donors (Lipinski definition) is 2. The maximum atomic E-state index is 10.9. The normalized spacial score (nSPS) is 10.6. The Morgan fingerprint density at radius 1 is 0.926 bits per heavy atom. The van der Waals surface area contributed by atoms with Crippen molar-refractivity contribution in [3.8, 4) is 0 Å². The van der Waals surface area contributed by atoms with Crippen molar-refractivity contribution in [2.75, 3.05) is 5.32 Å². The van der Waals surface area contributed by atoms with Gasteiger partial charge in [-0.25, -0.2) is 4.98 Å². The Labute approximate surface area is 159 Å². The first-order valence-corrected chi connectivity index (χ1v) is 9.23. The second-order valence-electron chi connectivity index (χ2n) is 6.62. The number of aromatic nitrogens is 1. The highest BCUT2D eigenvalue weighted by atomic mass is 16.4. The van der Waals surface area contributed by atoms with E-state index in [9.17, 15) is 4.79 Å². The monoisotopic (exact) mass is 360 g/mol. The van der Waals surface area contributed by atoms with Gasteiger partial charge in [0.05, 0.1) is 6.42 Å². The summed E-state index contributed by atoms with van der Waals surface area (Å²) in [4.78, 5) is 15.3. The first kappa shape index (κ1) is 18.6. The van der Waals surface area contributed by atoms with E-state index in [1.165, 1.54) is 16.7 Å². The molecule has 0 unspecified atom stereocenters. The van der Waals surface area contributed by atoms with Gasteiger partial charge in [-0.1, -0.05) is 43.3 Å². The molecule has 0 aliphatic rings. The highest BCUT2D eigenvalue weighted by Gasteiger charge is 2.04. The van der Waals surface area contributed by atoms with Crippen LogP contribution in [0.2, 0.25) is 0 Å². The van der Waals surface area contributed by atoms with Crippen LogP contribution >= 0.6 is 0 Å². The first-order chi connectivity index (χ1) is 13.1. The standard InChI is InChI=1S/C23H24N2O2/c1-2-17-5-3-6-18(13-17)9-10-19-11-12-24-22(15-19)25-21-8-4-7-20(14-21)16-23(26)27/h3-8,11-15H,2,9-10,16H2,1H3,(H,24,25)(H,26,27). The molecule has 0 spiro atoms. The molecule has 1 heterocycles. The molecule has 0 bridgehead atoms. The molecule has 0 fully saturated rings. The van der Waals surface area contributed by atoms with E-state index in [-0.39, 0.29) is 6.42 Å². The fourth-order valence-corrected chi connectivity index (χ4v) is 3.07. The Morgan fingerprint density at radius 2 is 1.63 bits per heavy atom. The van der Waals surface area contributed by atoms with Crippen LogP contribution in [0.4, 0.5) is 11.5 Å². The summed E-state index contributed by atoms with van der Waals surface area (Å²) in [6.07, 6.45) is 4.81. The Balaban J connectivity index is 1.65. The van der Waals surface area contributed by atoms with Gasteiger partial charge >= 0.3 is 5.97 Å². The molecule has 3 rings (SSSR count). The maximum Gasteiger partial charge on any atom is 0.307 e. The quantitative estimate of drug-likeness (QED) is 0.606. The van der Waals surface area contributed by atoms with E-state index < -0.39 is 5.97 Å². The van der Waals surface area contributed by atoms with Crippen LogP contribution in [0, 0.1) is 0 Å². The lowest BCUT2D eigenvalue weighted by atomic mass is 10.0. The number of carboxylic acid groups (broad SMARTS) is 1. The topological polar surface area (TPSA) is 62.2 Å². The smallest absolute Gasteiger partial charge is 0.307 e. The number of pyridine rings is 1. The fraction of sp³-hybridized carbons (Fsp3) is 0.217. The van der Waals surface area contributed by atoms with Crippen LogP contribution in [0.25, 0.3) is 0 Å². The van der Waals surface area contributed by atoms with Gasteiger partial charge in [0.25, 0.3) is 0 Å². The molecule has 0 aliphatic heterocycles. The molecule has 3 aromatic rings. The van der Waals surface area contributed by atoms with Gasteiger partial charge in [0.2, 0.25) is 0 Å². The number of carboxylic acids is 1. The summed E-state index contributed by atoms with van der Waals surface area (Å²) in [7, 11) is 0. The molecule has 2 N–H and O–H groups in total. The predicted octanol–water partition coefficient (Wildman–Crippen LogP) is 4.80. The number of anilines is 2. The summed E-state index contributed by atoms with van der Waals surface area (Å²) in [6, 6.07) is 20.2. The minimum Gasteiger partial charge on any atom is -0.481 e. The third-order valence-electron chi connectivity index (χ3n) is 4.48. The van der Waals surface area contributed by atoms with Crippen LogP contribution in [-0.4, -0.2) is 16.1 Å². The summed E-state index contributed by atoms with van der Waals surface area (Å²) < 4.78 is 0. The van der Waals surface area contributed by atoms with Crippen LogP contribution < -0.4 is 5.32 Å². The van der Waals surface area contributed by atoms with E-state index >= 15 is 0 Å². The van der Waals surface area contributed by atoms with E-state index in [1.54, 1.807) is 6.20 Å². The zero-order valence-corrected chi connectivity index (χ0v) is 15.5. The highest BCUT2D eigenvalue weighted by molar-refractivity contribution is 5.71. The van der Waals surface area contributed by atoms with Crippen molar-refractivity contribution >= 4 is 17.5 Å². The van der Waals surface area contributed by atoms with Crippen molar-refractivity contribution in [2.24, 2.45) is 0 Å². The van der Waals surface area contributed by atoms with Gasteiger partial charge in [0.1, 0.15) is 5.82 Å². The van der Waals surface area contributed by atoms with E-state index in [4.69, 9.17) is 5.11 Å². The number of benzene rings is 2. The average Bonchev–Trinajstić information content (AvgIpc) is 2.67. The molecule has 0 atom stereocenters. The van der Waals surface area contributed by atoms with Crippen molar-refractivity contribution in [1.29, 1.82) is 0 Å². The van der Waals surface area contributed by atoms with Gasteiger partial charge in [-0.15, -0.1) is 0 Å².